The van der Waals surface area contributed by atoms with Gasteiger partial charge < -0.3 is 14.2 Å². The molecule has 3 aromatic rings. The normalized spacial score (nSPS) is 15.6. The molecule has 0 aliphatic carbocycles. The quantitative estimate of drug-likeness (QED) is 0.685. The minimum Gasteiger partial charge on any atom is -0.497 e. The molecule has 0 spiro atoms. The summed E-state index contributed by atoms with van der Waals surface area (Å²) in [6.07, 6.45) is 0. The summed E-state index contributed by atoms with van der Waals surface area (Å²) in [5.74, 6) is 2.31. The molecule has 0 bridgehead atoms. The van der Waals surface area contributed by atoms with E-state index in [1.165, 1.54) is 11.3 Å². The van der Waals surface area contributed by atoms with Gasteiger partial charge in [-0.15, -0.1) is 10.2 Å². The molecule has 0 amide bonds. The SMILES string of the molecule is COc1ccc(-c2nn3c(CN4CCOCC4)nnc3s2)c(OC)c1. The van der Waals surface area contributed by atoms with E-state index in [2.05, 4.69) is 15.1 Å². The van der Waals surface area contributed by atoms with Crippen molar-refractivity contribution in [1.82, 2.24) is 24.7 Å². The van der Waals surface area contributed by atoms with Crippen LogP contribution < -0.4 is 9.47 Å². The van der Waals surface area contributed by atoms with Crippen LogP contribution in [0.25, 0.3) is 15.5 Å². The Morgan fingerprint density at radius 3 is 2.76 bits per heavy atom. The molecule has 3 heterocycles. The van der Waals surface area contributed by atoms with Crippen LogP contribution in [0.3, 0.4) is 0 Å². The fourth-order valence-corrected chi connectivity index (χ4v) is 3.69. The number of hydrogen-bond donors (Lipinski definition) is 0. The Kier molecular flexibility index (Phi) is 4.51. The number of aromatic nitrogens is 4. The second kappa shape index (κ2) is 6.95. The van der Waals surface area contributed by atoms with E-state index >= 15 is 0 Å². The molecule has 1 fully saturated rings. The number of rotatable bonds is 5. The van der Waals surface area contributed by atoms with E-state index in [0.29, 0.717) is 6.54 Å². The van der Waals surface area contributed by atoms with Crippen LogP contribution >= 0.6 is 11.3 Å². The lowest BCUT2D eigenvalue weighted by atomic mass is 10.2. The van der Waals surface area contributed by atoms with Gasteiger partial charge in [-0.05, 0) is 12.1 Å². The molecule has 1 aromatic carbocycles. The molecule has 2 aromatic heterocycles. The van der Waals surface area contributed by atoms with Crippen LogP contribution in [0, 0.1) is 0 Å². The van der Waals surface area contributed by atoms with Crippen molar-refractivity contribution >= 4 is 16.3 Å². The Morgan fingerprint density at radius 2 is 2.00 bits per heavy atom. The predicted molar refractivity (Wildman–Crippen MR) is 93.3 cm³/mol. The van der Waals surface area contributed by atoms with Gasteiger partial charge >= 0.3 is 0 Å². The third-order valence-corrected chi connectivity index (χ3v) is 5.10. The van der Waals surface area contributed by atoms with Crippen LogP contribution in [0.2, 0.25) is 0 Å². The van der Waals surface area contributed by atoms with E-state index in [-0.39, 0.29) is 0 Å². The maximum absolute atomic E-state index is 5.49. The summed E-state index contributed by atoms with van der Waals surface area (Å²) in [5, 5.41) is 14.1. The lowest BCUT2D eigenvalue weighted by Gasteiger charge is -2.25. The summed E-state index contributed by atoms with van der Waals surface area (Å²) >= 11 is 1.49. The molecule has 0 radical (unpaired) electrons. The van der Waals surface area contributed by atoms with E-state index < -0.39 is 0 Å². The second-order valence-electron chi connectivity index (χ2n) is 5.67. The summed E-state index contributed by atoms with van der Waals surface area (Å²) < 4.78 is 17.9. The highest BCUT2D eigenvalue weighted by Crippen LogP contribution is 2.35. The zero-order valence-electron chi connectivity index (χ0n) is 14.1. The third-order valence-electron chi connectivity index (χ3n) is 4.16. The minimum absolute atomic E-state index is 0.716. The van der Waals surface area contributed by atoms with Crippen molar-refractivity contribution in [3.05, 3.63) is 24.0 Å². The van der Waals surface area contributed by atoms with Gasteiger partial charge in [-0.25, -0.2) is 0 Å². The molecule has 1 aliphatic heterocycles. The first-order chi connectivity index (χ1) is 12.3. The molecule has 25 heavy (non-hydrogen) atoms. The van der Waals surface area contributed by atoms with Crippen molar-refractivity contribution in [1.29, 1.82) is 0 Å². The average molecular weight is 361 g/mol. The van der Waals surface area contributed by atoms with Crippen LogP contribution in [-0.4, -0.2) is 65.2 Å². The van der Waals surface area contributed by atoms with Gasteiger partial charge in [-0.3, -0.25) is 4.90 Å². The van der Waals surface area contributed by atoms with Crippen LogP contribution in [0.15, 0.2) is 18.2 Å². The lowest BCUT2D eigenvalue weighted by Crippen LogP contribution is -2.36. The Labute approximate surface area is 148 Å². The maximum Gasteiger partial charge on any atom is 0.235 e. The van der Waals surface area contributed by atoms with Crippen molar-refractivity contribution in [3.8, 4) is 22.1 Å². The monoisotopic (exact) mass is 361 g/mol. The van der Waals surface area contributed by atoms with Crippen molar-refractivity contribution in [3.63, 3.8) is 0 Å². The molecule has 1 aliphatic rings. The molecule has 0 atom stereocenters. The summed E-state index contributed by atoms with van der Waals surface area (Å²) in [6.45, 7) is 4.03. The number of nitrogens with zero attached hydrogens (tertiary/aromatic N) is 5. The van der Waals surface area contributed by atoms with Gasteiger partial charge in [-0.2, -0.15) is 9.61 Å². The maximum atomic E-state index is 5.49. The number of ether oxygens (including phenoxy) is 3. The minimum atomic E-state index is 0.716. The Bertz CT molecular complexity index is 872. The summed E-state index contributed by atoms with van der Waals surface area (Å²) in [4.78, 5) is 3.07. The number of morpholine rings is 1. The largest absolute Gasteiger partial charge is 0.497 e. The van der Waals surface area contributed by atoms with Crippen LogP contribution in [-0.2, 0) is 11.3 Å². The van der Waals surface area contributed by atoms with Gasteiger partial charge in [0, 0.05) is 19.2 Å². The molecule has 1 saturated heterocycles. The fourth-order valence-electron chi connectivity index (χ4n) is 2.80. The van der Waals surface area contributed by atoms with E-state index in [1.807, 2.05) is 22.7 Å². The third kappa shape index (κ3) is 3.17. The molecule has 0 N–H and O–H groups in total. The molecular weight excluding hydrogens is 342 g/mol. The molecule has 9 heteroatoms. The van der Waals surface area contributed by atoms with E-state index in [9.17, 15) is 0 Å². The van der Waals surface area contributed by atoms with Crippen LogP contribution in [0.4, 0.5) is 0 Å². The topological polar surface area (TPSA) is 74.0 Å². The molecular formula is C16H19N5O3S. The summed E-state index contributed by atoms with van der Waals surface area (Å²) in [5.41, 5.74) is 0.913. The summed E-state index contributed by atoms with van der Waals surface area (Å²) in [7, 11) is 3.28. The van der Waals surface area contributed by atoms with Crippen LogP contribution in [0.1, 0.15) is 5.82 Å². The smallest absolute Gasteiger partial charge is 0.235 e. The first-order valence-electron chi connectivity index (χ1n) is 8.02. The zero-order chi connectivity index (χ0) is 17.2. The van der Waals surface area contributed by atoms with Crippen LogP contribution in [0.5, 0.6) is 11.5 Å². The van der Waals surface area contributed by atoms with Crippen molar-refractivity contribution in [2.75, 3.05) is 40.5 Å². The van der Waals surface area contributed by atoms with Gasteiger partial charge in [0.25, 0.3) is 0 Å². The van der Waals surface area contributed by atoms with Crippen molar-refractivity contribution in [2.24, 2.45) is 0 Å². The highest BCUT2D eigenvalue weighted by molar-refractivity contribution is 7.19. The Morgan fingerprint density at radius 1 is 1.16 bits per heavy atom. The number of hydrogen-bond acceptors (Lipinski definition) is 8. The number of fused-ring (bicyclic) bond motifs is 1. The van der Waals surface area contributed by atoms with E-state index in [4.69, 9.17) is 19.3 Å². The van der Waals surface area contributed by atoms with Gasteiger partial charge in [0.2, 0.25) is 4.96 Å². The molecule has 4 rings (SSSR count). The molecule has 0 unspecified atom stereocenters. The zero-order valence-corrected chi connectivity index (χ0v) is 15.0. The summed E-state index contributed by atoms with van der Waals surface area (Å²) in [6, 6.07) is 5.70. The number of benzene rings is 1. The van der Waals surface area contributed by atoms with E-state index in [1.54, 1.807) is 14.2 Å². The Hall–Kier alpha value is -2.23. The fraction of sp³-hybridized carbons (Fsp3) is 0.438. The predicted octanol–water partition coefficient (Wildman–Crippen LogP) is 1.70. The average Bonchev–Trinajstić information content (AvgIpc) is 3.24. The first kappa shape index (κ1) is 16.2. The number of methoxy groups -OCH3 is 2. The molecule has 8 nitrogen and oxygen atoms in total. The molecule has 132 valence electrons. The van der Waals surface area contributed by atoms with Crippen molar-refractivity contribution in [2.45, 2.75) is 6.54 Å². The standard InChI is InChI=1S/C16H19N5O3S/c1-22-11-3-4-12(13(9-11)23-2)15-19-21-14(17-18-16(21)25-15)10-20-5-7-24-8-6-20/h3-4,9H,5-8,10H2,1-2H3. The van der Waals surface area contributed by atoms with E-state index in [0.717, 1.165) is 59.2 Å². The van der Waals surface area contributed by atoms with Crippen molar-refractivity contribution < 1.29 is 14.2 Å². The highest BCUT2D eigenvalue weighted by atomic mass is 32.1. The Balaban J connectivity index is 1.65. The van der Waals surface area contributed by atoms with Gasteiger partial charge in [0.05, 0.1) is 39.5 Å². The molecule has 0 saturated carbocycles. The van der Waals surface area contributed by atoms with Gasteiger partial charge in [0.1, 0.15) is 11.5 Å². The van der Waals surface area contributed by atoms with Gasteiger partial charge in [0.15, 0.2) is 10.8 Å². The highest BCUT2D eigenvalue weighted by Gasteiger charge is 2.19. The van der Waals surface area contributed by atoms with Gasteiger partial charge in [-0.1, -0.05) is 11.3 Å². The lowest BCUT2D eigenvalue weighted by molar-refractivity contribution is 0.0328. The second-order valence-corrected chi connectivity index (χ2v) is 6.63. The first-order valence-corrected chi connectivity index (χ1v) is 8.84.